The third kappa shape index (κ3) is 3.66. The molecule has 21 heavy (non-hydrogen) atoms. The average molecular weight is 370 g/mol. The monoisotopic (exact) mass is 368 g/mol. The lowest BCUT2D eigenvalue weighted by atomic mass is 10.1. The Hall–Kier alpha value is -1.77. The van der Waals surface area contributed by atoms with Gasteiger partial charge in [0.2, 0.25) is 0 Å². The molecule has 0 radical (unpaired) electrons. The molecule has 0 saturated heterocycles. The molecule has 0 spiro atoms. The van der Waals surface area contributed by atoms with E-state index >= 15 is 0 Å². The number of halogens is 3. The fourth-order valence-corrected chi connectivity index (χ4v) is 2.81. The van der Waals surface area contributed by atoms with E-state index in [9.17, 15) is 4.39 Å². The van der Waals surface area contributed by atoms with Gasteiger partial charge in [0.1, 0.15) is 17.6 Å². The number of nitrogens with zero attached hydrogens (tertiary/aromatic N) is 1. The molecule has 2 aromatic rings. The first kappa shape index (κ1) is 15.6. The lowest BCUT2D eigenvalue weighted by Gasteiger charge is -2.12. The highest BCUT2D eigenvalue weighted by atomic mass is 79.9. The van der Waals surface area contributed by atoms with Crippen LogP contribution in [0, 0.1) is 17.1 Å². The van der Waals surface area contributed by atoms with Gasteiger partial charge < -0.3 is 10.1 Å². The fourth-order valence-electron chi connectivity index (χ4n) is 1.85. The van der Waals surface area contributed by atoms with Crippen LogP contribution in [0.3, 0.4) is 0 Å². The second kappa shape index (κ2) is 6.79. The zero-order valence-electron chi connectivity index (χ0n) is 11.1. The zero-order valence-corrected chi connectivity index (χ0v) is 13.4. The van der Waals surface area contributed by atoms with Crippen molar-refractivity contribution < 1.29 is 9.13 Å². The highest BCUT2D eigenvalue weighted by Crippen LogP contribution is 2.32. The first-order valence-corrected chi connectivity index (χ1v) is 7.17. The van der Waals surface area contributed by atoms with Crippen molar-refractivity contribution in [2.75, 3.05) is 12.4 Å². The minimum atomic E-state index is -0.409. The van der Waals surface area contributed by atoms with Crippen molar-refractivity contribution in [3.63, 3.8) is 0 Å². The molecule has 0 amide bonds. The molecule has 2 rings (SSSR count). The number of hydrogen-bond donors (Lipinski definition) is 1. The molecule has 1 N–H and O–H groups in total. The van der Waals surface area contributed by atoms with Gasteiger partial charge in [0.05, 0.1) is 23.4 Å². The Morgan fingerprint density at radius 2 is 2.14 bits per heavy atom. The largest absolute Gasteiger partial charge is 0.495 e. The highest BCUT2D eigenvalue weighted by Gasteiger charge is 2.09. The van der Waals surface area contributed by atoms with Crippen LogP contribution in [0.15, 0.2) is 34.8 Å². The van der Waals surface area contributed by atoms with E-state index in [1.165, 1.54) is 19.2 Å². The van der Waals surface area contributed by atoms with Crippen molar-refractivity contribution in [2.45, 2.75) is 6.54 Å². The number of rotatable bonds is 4. The minimum absolute atomic E-state index is 0.288. The van der Waals surface area contributed by atoms with Gasteiger partial charge in [-0.2, -0.15) is 5.26 Å². The fraction of sp³-hybridized carbons (Fsp3) is 0.133. The second-order valence-corrected chi connectivity index (χ2v) is 5.51. The molecule has 6 heteroatoms. The van der Waals surface area contributed by atoms with E-state index in [-0.39, 0.29) is 5.02 Å². The molecule has 0 saturated carbocycles. The third-order valence-electron chi connectivity index (χ3n) is 2.86. The summed E-state index contributed by atoms with van der Waals surface area (Å²) in [6, 6.07) is 9.96. The van der Waals surface area contributed by atoms with Crippen molar-refractivity contribution in [1.29, 1.82) is 5.26 Å². The standard InChI is InChI=1S/C15H11BrClFN2O/c1-21-14-3-2-9(4-10(14)7-19)8-20-15-12(16)5-11(18)6-13(15)17/h2-6,20H,8H2,1H3. The Bertz CT molecular complexity index is 692. The quantitative estimate of drug-likeness (QED) is 0.847. The number of nitrogens with one attached hydrogen (secondary N) is 1. The van der Waals surface area contributed by atoms with Gasteiger partial charge in [0.25, 0.3) is 0 Å². The van der Waals surface area contributed by atoms with Crippen molar-refractivity contribution in [3.8, 4) is 11.8 Å². The van der Waals surface area contributed by atoms with Crippen LogP contribution < -0.4 is 10.1 Å². The Kier molecular flexibility index (Phi) is 5.05. The third-order valence-corrected chi connectivity index (χ3v) is 3.78. The number of ether oxygens (including phenoxy) is 1. The van der Waals surface area contributed by atoms with E-state index in [4.69, 9.17) is 21.6 Å². The molecule has 0 aliphatic carbocycles. The molecule has 0 heterocycles. The lowest BCUT2D eigenvalue weighted by molar-refractivity contribution is 0.413. The smallest absolute Gasteiger partial charge is 0.136 e. The summed E-state index contributed by atoms with van der Waals surface area (Å²) in [5.74, 6) is 0.121. The van der Waals surface area contributed by atoms with Crippen LogP contribution in [0.25, 0.3) is 0 Å². The van der Waals surface area contributed by atoms with Crippen molar-refractivity contribution >= 4 is 33.2 Å². The summed E-state index contributed by atoms with van der Waals surface area (Å²) in [6.45, 7) is 0.447. The number of nitriles is 1. The number of hydrogen-bond acceptors (Lipinski definition) is 3. The number of benzene rings is 2. The summed E-state index contributed by atoms with van der Waals surface area (Å²) in [6.07, 6.45) is 0. The van der Waals surface area contributed by atoms with Crippen LogP contribution in [0.2, 0.25) is 5.02 Å². The minimum Gasteiger partial charge on any atom is -0.495 e. The maximum Gasteiger partial charge on any atom is 0.136 e. The summed E-state index contributed by atoms with van der Waals surface area (Å²) in [5, 5.41) is 12.5. The van der Waals surface area contributed by atoms with Crippen LogP contribution in [0.4, 0.5) is 10.1 Å². The molecule has 0 atom stereocenters. The summed E-state index contributed by atoms with van der Waals surface area (Å²) in [4.78, 5) is 0. The molecule has 0 aliphatic heterocycles. The molecule has 2 aromatic carbocycles. The van der Waals surface area contributed by atoms with Crippen LogP contribution >= 0.6 is 27.5 Å². The SMILES string of the molecule is COc1ccc(CNc2c(Cl)cc(F)cc2Br)cc1C#N. The van der Waals surface area contributed by atoms with Gasteiger partial charge in [0, 0.05) is 11.0 Å². The number of methoxy groups -OCH3 is 1. The van der Waals surface area contributed by atoms with Gasteiger partial charge in [0.15, 0.2) is 0 Å². The molecule has 0 bridgehead atoms. The maximum atomic E-state index is 13.2. The summed E-state index contributed by atoms with van der Waals surface area (Å²) in [5.41, 5.74) is 1.95. The maximum absolute atomic E-state index is 13.2. The van der Waals surface area contributed by atoms with Crippen LogP contribution in [-0.2, 0) is 6.54 Å². The Labute approximate surface area is 135 Å². The molecular weight excluding hydrogens is 359 g/mol. The molecule has 0 fully saturated rings. The lowest BCUT2D eigenvalue weighted by Crippen LogP contribution is -2.02. The highest BCUT2D eigenvalue weighted by molar-refractivity contribution is 9.10. The van der Waals surface area contributed by atoms with Crippen molar-refractivity contribution in [1.82, 2.24) is 0 Å². The van der Waals surface area contributed by atoms with E-state index < -0.39 is 5.82 Å². The van der Waals surface area contributed by atoms with Gasteiger partial charge in [-0.3, -0.25) is 0 Å². The molecular formula is C15H11BrClFN2O. The van der Waals surface area contributed by atoms with Gasteiger partial charge >= 0.3 is 0 Å². The molecule has 0 aliphatic rings. The Morgan fingerprint density at radius 1 is 1.38 bits per heavy atom. The van der Waals surface area contributed by atoms with Crippen LogP contribution in [0.1, 0.15) is 11.1 Å². The second-order valence-electron chi connectivity index (χ2n) is 4.24. The first-order chi connectivity index (χ1) is 10.0. The summed E-state index contributed by atoms with van der Waals surface area (Å²) in [7, 11) is 1.52. The summed E-state index contributed by atoms with van der Waals surface area (Å²) >= 11 is 9.27. The van der Waals surface area contributed by atoms with Gasteiger partial charge in [-0.15, -0.1) is 0 Å². The van der Waals surface area contributed by atoms with E-state index in [1.54, 1.807) is 12.1 Å². The molecule has 108 valence electrons. The average Bonchev–Trinajstić information content (AvgIpc) is 2.45. The predicted octanol–water partition coefficient (Wildman–Crippen LogP) is 4.73. The number of anilines is 1. The molecule has 0 aromatic heterocycles. The van der Waals surface area contributed by atoms with E-state index in [0.717, 1.165) is 5.56 Å². The van der Waals surface area contributed by atoms with Crippen molar-refractivity contribution in [2.24, 2.45) is 0 Å². The molecule has 3 nitrogen and oxygen atoms in total. The van der Waals surface area contributed by atoms with Crippen molar-refractivity contribution in [3.05, 3.63) is 56.8 Å². The van der Waals surface area contributed by atoms with Gasteiger partial charge in [-0.1, -0.05) is 17.7 Å². The zero-order chi connectivity index (χ0) is 15.4. The molecule has 0 unspecified atom stereocenters. The Morgan fingerprint density at radius 3 is 2.76 bits per heavy atom. The van der Waals surface area contributed by atoms with Crippen LogP contribution in [-0.4, -0.2) is 7.11 Å². The van der Waals surface area contributed by atoms with Crippen LogP contribution in [0.5, 0.6) is 5.75 Å². The predicted molar refractivity (Wildman–Crippen MR) is 84.1 cm³/mol. The first-order valence-electron chi connectivity index (χ1n) is 6.00. The van der Waals surface area contributed by atoms with E-state index in [1.807, 2.05) is 6.07 Å². The van der Waals surface area contributed by atoms with Gasteiger partial charge in [-0.05, 0) is 45.8 Å². The van der Waals surface area contributed by atoms with E-state index in [0.29, 0.717) is 28.0 Å². The van der Waals surface area contributed by atoms with Gasteiger partial charge in [-0.25, -0.2) is 4.39 Å². The Balaban J connectivity index is 2.19. The normalized spacial score (nSPS) is 10.0. The topological polar surface area (TPSA) is 45.0 Å². The summed E-state index contributed by atoms with van der Waals surface area (Å²) < 4.78 is 18.8. The van der Waals surface area contributed by atoms with E-state index in [2.05, 4.69) is 27.3 Å².